The maximum atomic E-state index is 13.8. The second-order valence-electron chi connectivity index (χ2n) is 8.80. The first-order valence-corrected chi connectivity index (χ1v) is 13.3. The highest BCUT2D eigenvalue weighted by molar-refractivity contribution is 7.08. The van der Waals surface area contributed by atoms with Gasteiger partial charge in [0.25, 0.3) is 5.56 Å². The molecule has 0 saturated heterocycles. The Bertz CT molecular complexity index is 1540. The Labute approximate surface area is 221 Å². The largest absolute Gasteiger partial charge is 0.488 e. The highest BCUT2D eigenvalue weighted by Crippen LogP contribution is 2.34. The van der Waals surface area contributed by atoms with Gasteiger partial charge in [0.05, 0.1) is 11.3 Å². The van der Waals surface area contributed by atoms with Crippen LogP contribution in [0.1, 0.15) is 27.9 Å². The summed E-state index contributed by atoms with van der Waals surface area (Å²) in [5.41, 5.74) is 6.27. The fourth-order valence-electron chi connectivity index (χ4n) is 4.33. The molecule has 5 rings (SSSR count). The van der Waals surface area contributed by atoms with Crippen LogP contribution in [0.3, 0.4) is 0 Å². The number of nitrogens with zero attached hydrogens (tertiary/aromatic N) is 2. The quantitative estimate of drug-likeness (QED) is 0.212. The number of para-hydroxylation sites is 1. The summed E-state index contributed by atoms with van der Waals surface area (Å²) in [5, 5.41) is 8.84. The molecular weight excluding hydrogens is 476 g/mol. The van der Waals surface area contributed by atoms with Gasteiger partial charge in [0.2, 0.25) is 0 Å². The molecule has 0 aliphatic rings. The van der Waals surface area contributed by atoms with Crippen molar-refractivity contribution < 1.29 is 4.74 Å². The summed E-state index contributed by atoms with van der Waals surface area (Å²) < 4.78 is 7.84. The van der Waals surface area contributed by atoms with Crippen LogP contribution in [0.25, 0.3) is 23.3 Å². The average Bonchev–Trinajstić information content (AvgIpc) is 3.46. The predicted molar refractivity (Wildman–Crippen MR) is 153 cm³/mol. The molecule has 184 valence electrons. The van der Waals surface area contributed by atoms with Gasteiger partial charge in [-0.2, -0.15) is 16.4 Å². The van der Waals surface area contributed by atoms with Crippen molar-refractivity contribution in [1.29, 1.82) is 0 Å². The molecule has 0 aliphatic heterocycles. The van der Waals surface area contributed by atoms with Gasteiger partial charge in [-0.3, -0.25) is 4.79 Å². The lowest BCUT2D eigenvalue weighted by Crippen LogP contribution is -2.27. The third-order valence-corrected chi connectivity index (χ3v) is 6.90. The van der Waals surface area contributed by atoms with Crippen molar-refractivity contribution in [2.75, 3.05) is 0 Å². The van der Waals surface area contributed by atoms with E-state index in [2.05, 4.69) is 17.5 Å². The fourth-order valence-corrected chi connectivity index (χ4v) is 4.96. The third kappa shape index (κ3) is 5.96. The molecule has 0 aliphatic carbocycles. The minimum atomic E-state index is -0.110. The molecule has 2 heterocycles. The first kappa shape index (κ1) is 24.5. The summed E-state index contributed by atoms with van der Waals surface area (Å²) in [5.74, 6) is 0.725. The summed E-state index contributed by atoms with van der Waals surface area (Å²) in [7, 11) is 0. The van der Waals surface area contributed by atoms with Crippen molar-refractivity contribution >= 4 is 23.5 Å². The van der Waals surface area contributed by atoms with Gasteiger partial charge >= 0.3 is 0 Å². The maximum absolute atomic E-state index is 13.8. The molecular formula is C32H28N2O2S. The minimum absolute atomic E-state index is 0.110. The van der Waals surface area contributed by atoms with Crippen LogP contribution < -0.4 is 10.3 Å². The summed E-state index contributed by atoms with van der Waals surface area (Å²) in [6, 6.07) is 30.2. The van der Waals surface area contributed by atoms with E-state index in [-0.39, 0.29) is 5.56 Å². The van der Waals surface area contributed by atoms with E-state index in [9.17, 15) is 4.79 Å². The SMILES string of the molecule is Cc1nn(CCc2ccccc2)c(=O)c(C=Cc2ccsc2)c1-c1ccccc1OCc1ccccc1. The molecule has 0 fully saturated rings. The summed E-state index contributed by atoms with van der Waals surface area (Å²) in [4.78, 5) is 13.8. The molecule has 0 N–H and O–H groups in total. The first-order valence-electron chi connectivity index (χ1n) is 12.3. The topological polar surface area (TPSA) is 44.1 Å². The van der Waals surface area contributed by atoms with Crippen LogP contribution in [0, 0.1) is 6.92 Å². The van der Waals surface area contributed by atoms with Gasteiger partial charge < -0.3 is 4.74 Å². The Kier molecular flexibility index (Phi) is 7.72. The van der Waals surface area contributed by atoms with E-state index in [1.54, 1.807) is 16.0 Å². The van der Waals surface area contributed by atoms with Crippen molar-refractivity contribution in [3.8, 4) is 16.9 Å². The van der Waals surface area contributed by atoms with Gasteiger partial charge in [0.15, 0.2) is 0 Å². The molecule has 5 aromatic rings. The van der Waals surface area contributed by atoms with Gasteiger partial charge in [0.1, 0.15) is 12.4 Å². The van der Waals surface area contributed by atoms with Crippen molar-refractivity contribution in [3.05, 3.63) is 140 Å². The summed E-state index contributed by atoms with van der Waals surface area (Å²) in [6.07, 6.45) is 4.64. The van der Waals surface area contributed by atoms with E-state index >= 15 is 0 Å². The van der Waals surface area contributed by atoms with E-state index in [1.807, 2.05) is 103 Å². The van der Waals surface area contributed by atoms with Gasteiger partial charge in [-0.25, -0.2) is 4.68 Å². The predicted octanol–water partition coefficient (Wildman–Crippen LogP) is 7.27. The lowest BCUT2D eigenvalue weighted by atomic mass is 9.98. The van der Waals surface area contributed by atoms with Crippen molar-refractivity contribution in [2.45, 2.75) is 26.5 Å². The van der Waals surface area contributed by atoms with E-state index in [0.717, 1.165) is 40.1 Å². The highest BCUT2D eigenvalue weighted by atomic mass is 32.1. The number of benzene rings is 3. The number of hydrogen-bond acceptors (Lipinski definition) is 4. The molecule has 0 radical (unpaired) electrons. The van der Waals surface area contributed by atoms with Crippen LogP contribution in [0.5, 0.6) is 5.75 Å². The van der Waals surface area contributed by atoms with E-state index < -0.39 is 0 Å². The lowest BCUT2D eigenvalue weighted by molar-refractivity contribution is 0.307. The monoisotopic (exact) mass is 504 g/mol. The van der Waals surface area contributed by atoms with Crippen LogP contribution in [-0.2, 0) is 19.6 Å². The molecule has 2 aromatic heterocycles. The number of ether oxygens (including phenoxy) is 1. The molecule has 0 spiro atoms. The Morgan fingerprint density at radius 3 is 2.30 bits per heavy atom. The van der Waals surface area contributed by atoms with Crippen molar-refractivity contribution in [3.63, 3.8) is 0 Å². The Hall–Kier alpha value is -4.22. The second-order valence-corrected chi connectivity index (χ2v) is 9.58. The number of aromatic nitrogens is 2. The zero-order valence-electron chi connectivity index (χ0n) is 20.7. The first-order chi connectivity index (χ1) is 18.2. The number of rotatable bonds is 9. The zero-order chi connectivity index (χ0) is 25.5. The van der Waals surface area contributed by atoms with Crippen LogP contribution in [0.4, 0.5) is 0 Å². The van der Waals surface area contributed by atoms with E-state index in [1.165, 1.54) is 5.56 Å². The molecule has 3 aromatic carbocycles. The van der Waals surface area contributed by atoms with Gasteiger partial charge in [-0.1, -0.05) is 84.9 Å². The van der Waals surface area contributed by atoms with Gasteiger partial charge in [0, 0.05) is 17.7 Å². The van der Waals surface area contributed by atoms with E-state index in [0.29, 0.717) is 18.7 Å². The maximum Gasteiger partial charge on any atom is 0.274 e. The second kappa shape index (κ2) is 11.7. The molecule has 4 nitrogen and oxygen atoms in total. The van der Waals surface area contributed by atoms with Crippen LogP contribution in [0.15, 0.2) is 107 Å². The van der Waals surface area contributed by atoms with Crippen molar-refractivity contribution in [1.82, 2.24) is 9.78 Å². The van der Waals surface area contributed by atoms with Gasteiger partial charge in [-0.15, -0.1) is 0 Å². The summed E-state index contributed by atoms with van der Waals surface area (Å²) >= 11 is 1.63. The molecule has 37 heavy (non-hydrogen) atoms. The fraction of sp³-hybridized carbons (Fsp3) is 0.125. The standard InChI is InChI=1S/C32H28N2O2S/c1-24-31(28-14-8-9-15-30(28)36-22-26-12-6-3-7-13-26)29(17-16-27-19-21-37-23-27)32(35)34(33-24)20-18-25-10-4-2-5-11-25/h2-17,19,21,23H,18,20,22H2,1H3. The molecule has 0 atom stereocenters. The highest BCUT2D eigenvalue weighted by Gasteiger charge is 2.18. The van der Waals surface area contributed by atoms with E-state index in [4.69, 9.17) is 9.84 Å². The van der Waals surface area contributed by atoms with Crippen LogP contribution in [0.2, 0.25) is 0 Å². The molecule has 5 heteroatoms. The molecule has 0 amide bonds. The van der Waals surface area contributed by atoms with Crippen LogP contribution in [-0.4, -0.2) is 9.78 Å². The Balaban J connectivity index is 1.55. The zero-order valence-corrected chi connectivity index (χ0v) is 21.5. The molecule has 0 bridgehead atoms. The average molecular weight is 505 g/mol. The smallest absolute Gasteiger partial charge is 0.274 e. The Morgan fingerprint density at radius 2 is 1.57 bits per heavy atom. The number of thiophene rings is 1. The Morgan fingerprint density at radius 1 is 0.865 bits per heavy atom. The van der Waals surface area contributed by atoms with Crippen LogP contribution >= 0.6 is 11.3 Å². The number of hydrogen-bond donors (Lipinski definition) is 0. The van der Waals surface area contributed by atoms with Gasteiger partial charge in [-0.05, 0) is 59.0 Å². The molecule has 0 unspecified atom stereocenters. The van der Waals surface area contributed by atoms with Crippen molar-refractivity contribution in [2.24, 2.45) is 0 Å². The normalized spacial score (nSPS) is 11.2. The lowest BCUT2D eigenvalue weighted by Gasteiger charge is -2.17. The molecule has 0 saturated carbocycles. The summed E-state index contributed by atoms with van der Waals surface area (Å²) in [6.45, 7) is 2.91. The minimum Gasteiger partial charge on any atom is -0.488 e. The third-order valence-electron chi connectivity index (χ3n) is 6.20. The number of aryl methyl sites for hydroxylation is 3.